The molecule has 0 aromatic heterocycles. The maximum atomic E-state index is 5.35. The fourth-order valence-corrected chi connectivity index (χ4v) is 2.96. The van der Waals surface area contributed by atoms with E-state index in [2.05, 4.69) is 0 Å². The second-order valence-electron chi connectivity index (χ2n) is 2.22. The van der Waals surface area contributed by atoms with Crippen molar-refractivity contribution < 1.29 is 13.3 Å². The molecule has 0 atom stereocenters. The summed E-state index contributed by atoms with van der Waals surface area (Å²) < 4.78 is 15.8. The molecule has 2 fully saturated rings. The van der Waals surface area contributed by atoms with Crippen molar-refractivity contribution in [2.75, 3.05) is 13.2 Å². The highest BCUT2D eigenvalue weighted by atomic mass is 28.4. The van der Waals surface area contributed by atoms with E-state index in [0.717, 1.165) is 13.2 Å². The van der Waals surface area contributed by atoms with E-state index in [0.29, 0.717) is 0 Å². The van der Waals surface area contributed by atoms with E-state index < -0.39 is 8.80 Å². The van der Waals surface area contributed by atoms with Crippen LogP contribution in [0, 0.1) is 0 Å². The summed E-state index contributed by atoms with van der Waals surface area (Å²) >= 11 is 0. The van der Waals surface area contributed by atoms with Gasteiger partial charge in [0.1, 0.15) is 0 Å². The van der Waals surface area contributed by atoms with E-state index in [1.165, 1.54) is 0 Å². The summed E-state index contributed by atoms with van der Waals surface area (Å²) in [5.41, 5.74) is 0. The molecule has 0 amide bonds. The maximum absolute atomic E-state index is 5.35. The highest BCUT2D eigenvalue weighted by Crippen LogP contribution is 2.27. The molecule has 2 rings (SSSR count). The van der Waals surface area contributed by atoms with E-state index in [1.54, 1.807) is 0 Å². The zero-order chi connectivity index (χ0) is 5.61. The van der Waals surface area contributed by atoms with Crippen molar-refractivity contribution in [2.45, 2.75) is 12.7 Å². The van der Waals surface area contributed by atoms with Gasteiger partial charge in [0.05, 0.1) is 19.3 Å². The predicted octanol–water partition coefficient (Wildman–Crippen LogP) is 0.000700. The third-order valence-electron chi connectivity index (χ3n) is 1.44. The van der Waals surface area contributed by atoms with Crippen LogP contribution in [0.4, 0.5) is 0 Å². The third-order valence-corrected chi connectivity index (χ3v) is 3.59. The highest BCUT2D eigenvalue weighted by Gasteiger charge is 2.50. The van der Waals surface area contributed by atoms with Gasteiger partial charge in [-0.2, -0.15) is 0 Å². The Bertz CT molecular complexity index is 108. The Morgan fingerprint density at radius 2 is 2.00 bits per heavy atom. The molecule has 46 valence electrons. The molecular weight excluding hydrogens is 124 g/mol. The number of rotatable bonds is 0. The summed E-state index contributed by atoms with van der Waals surface area (Å²) in [6, 6.07) is 0. The SMILES string of the molecule is C[Si]12OCC(CO1)O2. The average molecular weight is 132 g/mol. The summed E-state index contributed by atoms with van der Waals surface area (Å²) in [4.78, 5) is 0. The first-order chi connectivity index (χ1) is 3.79. The van der Waals surface area contributed by atoms with Crippen molar-refractivity contribution in [3.8, 4) is 0 Å². The van der Waals surface area contributed by atoms with Gasteiger partial charge in [-0.15, -0.1) is 0 Å². The van der Waals surface area contributed by atoms with Gasteiger partial charge >= 0.3 is 8.80 Å². The quantitative estimate of drug-likeness (QED) is 0.434. The van der Waals surface area contributed by atoms with Crippen LogP contribution in [0.2, 0.25) is 6.55 Å². The Morgan fingerprint density at radius 1 is 1.38 bits per heavy atom. The van der Waals surface area contributed by atoms with Gasteiger partial charge in [0, 0.05) is 6.55 Å². The van der Waals surface area contributed by atoms with Crippen LogP contribution in [-0.2, 0) is 13.3 Å². The van der Waals surface area contributed by atoms with Crippen LogP contribution < -0.4 is 0 Å². The lowest BCUT2D eigenvalue weighted by atomic mass is 10.4. The summed E-state index contributed by atoms with van der Waals surface area (Å²) in [6.45, 7) is 3.44. The molecule has 2 bridgehead atoms. The number of hydrogen-bond acceptors (Lipinski definition) is 3. The van der Waals surface area contributed by atoms with E-state index in [1.807, 2.05) is 6.55 Å². The topological polar surface area (TPSA) is 27.7 Å². The molecule has 0 aliphatic carbocycles. The molecule has 2 aliphatic rings. The van der Waals surface area contributed by atoms with E-state index in [9.17, 15) is 0 Å². The van der Waals surface area contributed by atoms with Crippen LogP contribution >= 0.6 is 0 Å². The van der Waals surface area contributed by atoms with Crippen molar-refractivity contribution in [1.29, 1.82) is 0 Å². The van der Waals surface area contributed by atoms with Crippen LogP contribution in [0.25, 0.3) is 0 Å². The predicted molar refractivity (Wildman–Crippen MR) is 28.4 cm³/mol. The monoisotopic (exact) mass is 132 g/mol. The summed E-state index contributed by atoms with van der Waals surface area (Å²) in [6.07, 6.45) is 0.256. The fraction of sp³-hybridized carbons (Fsp3) is 1.00. The largest absolute Gasteiger partial charge is 0.498 e. The highest BCUT2D eigenvalue weighted by molar-refractivity contribution is 6.60. The van der Waals surface area contributed by atoms with Gasteiger partial charge in [0.2, 0.25) is 0 Å². The van der Waals surface area contributed by atoms with Crippen molar-refractivity contribution in [3.05, 3.63) is 0 Å². The smallest absolute Gasteiger partial charge is 0.371 e. The molecule has 2 heterocycles. The van der Waals surface area contributed by atoms with Gasteiger partial charge in [-0.1, -0.05) is 0 Å². The van der Waals surface area contributed by atoms with E-state index in [-0.39, 0.29) is 6.10 Å². The van der Waals surface area contributed by atoms with Crippen molar-refractivity contribution in [2.24, 2.45) is 0 Å². The van der Waals surface area contributed by atoms with Crippen LogP contribution in [-0.4, -0.2) is 28.1 Å². The molecule has 4 heteroatoms. The lowest BCUT2D eigenvalue weighted by molar-refractivity contribution is 0.151. The molecule has 0 spiro atoms. The van der Waals surface area contributed by atoms with Gasteiger partial charge in [-0.25, -0.2) is 0 Å². The van der Waals surface area contributed by atoms with Crippen molar-refractivity contribution >= 4 is 8.80 Å². The first-order valence-electron chi connectivity index (χ1n) is 2.74. The zero-order valence-electron chi connectivity index (χ0n) is 4.72. The summed E-state index contributed by atoms with van der Waals surface area (Å²) in [5, 5.41) is 0. The van der Waals surface area contributed by atoms with Gasteiger partial charge in [0.15, 0.2) is 0 Å². The molecule has 2 saturated heterocycles. The second-order valence-corrected chi connectivity index (χ2v) is 4.76. The number of fused-ring (bicyclic) bond motifs is 2. The molecule has 0 aromatic carbocycles. The standard InChI is InChI=1S/C4H8O3Si/c1-8-5-2-4(7-8)3-6-8/h4H,2-3H2,1H3. The maximum Gasteiger partial charge on any atom is 0.498 e. The zero-order valence-corrected chi connectivity index (χ0v) is 5.72. The minimum atomic E-state index is -1.99. The Morgan fingerprint density at radius 3 is 2.12 bits per heavy atom. The first kappa shape index (κ1) is 4.93. The molecule has 0 N–H and O–H groups in total. The minimum Gasteiger partial charge on any atom is -0.371 e. The van der Waals surface area contributed by atoms with Gasteiger partial charge in [-0.05, 0) is 0 Å². The minimum absolute atomic E-state index is 0.256. The molecule has 0 saturated carbocycles. The van der Waals surface area contributed by atoms with Crippen LogP contribution in [0.15, 0.2) is 0 Å². The van der Waals surface area contributed by atoms with Gasteiger partial charge < -0.3 is 13.3 Å². The summed E-state index contributed by atoms with van der Waals surface area (Å²) in [5.74, 6) is 0. The molecule has 2 aliphatic heterocycles. The Balaban J connectivity index is 2.19. The van der Waals surface area contributed by atoms with Gasteiger partial charge in [-0.3, -0.25) is 0 Å². The van der Waals surface area contributed by atoms with Crippen molar-refractivity contribution in [3.63, 3.8) is 0 Å². The van der Waals surface area contributed by atoms with Crippen LogP contribution in [0.3, 0.4) is 0 Å². The lowest BCUT2D eigenvalue weighted by Crippen LogP contribution is -2.34. The molecular formula is C4H8O3Si. The molecule has 0 radical (unpaired) electrons. The Hall–Kier alpha value is 0.0969. The first-order valence-corrected chi connectivity index (χ1v) is 4.97. The average Bonchev–Trinajstić information content (AvgIpc) is 2.21. The molecule has 0 aromatic rings. The normalized spacial score (nSPS) is 52.9. The number of hydrogen-bond donors (Lipinski definition) is 0. The van der Waals surface area contributed by atoms with Gasteiger partial charge in [0.25, 0.3) is 0 Å². The van der Waals surface area contributed by atoms with E-state index in [4.69, 9.17) is 13.3 Å². The second kappa shape index (κ2) is 1.33. The Kier molecular flexibility index (Phi) is 0.818. The van der Waals surface area contributed by atoms with E-state index >= 15 is 0 Å². The lowest BCUT2D eigenvalue weighted by Gasteiger charge is -2.12. The van der Waals surface area contributed by atoms with Crippen LogP contribution in [0.5, 0.6) is 0 Å². The Labute approximate surface area is 48.9 Å². The van der Waals surface area contributed by atoms with Crippen LogP contribution in [0.1, 0.15) is 0 Å². The fourth-order valence-electron chi connectivity index (χ4n) is 1.02. The third kappa shape index (κ3) is 0.542. The molecule has 8 heavy (non-hydrogen) atoms. The van der Waals surface area contributed by atoms with Crippen molar-refractivity contribution in [1.82, 2.24) is 0 Å². The summed E-state index contributed by atoms with van der Waals surface area (Å²) in [7, 11) is -1.99. The molecule has 0 unspecified atom stereocenters. The molecule has 3 nitrogen and oxygen atoms in total.